The van der Waals surface area contributed by atoms with Crippen molar-refractivity contribution in [1.29, 1.82) is 0 Å². The molecule has 2 rings (SSSR count). The van der Waals surface area contributed by atoms with Gasteiger partial charge in [-0.2, -0.15) is 5.10 Å². The van der Waals surface area contributed by atoms with Crippen molar-refractivity contribution in [1.82, 2.24) is 15.1 Å². The largest absolute Gasteiger partial charge is 0.464 e. The monoisotopic (exact) mass is 321 g/mol. The van der Waals surface area contributed by atoms with Crippen molar-refractivity contribution in [2.45, 2.75) is 13.0 Å². The summed E-state index contributed by atoms with van der Waals surface area (Å²) >= 11 is 6.00. The predicted octanol–water partition coefficient (Wildman–Crippen LogP) is 2.29. The van der Waals surface area contributed by atoms with Gasteiger partial charge in [0.2, 0.25) is 0 Å². The fourth-order valence-corrected chi connectivity index (χ4v) is 2.29. The van der Waals surface area contributed by atoms with Crippen LogP contribution in [0, 0.1) is 0 Å². The molecule has 0 spiro atoms. The van der Waals surface area contributed by atoms with Crippen LogP contribution >= 0.6 is 11.6 Å². The smallest absolute Gasteiger partial charge is 0.356 e. The van der Waals surface area contributed by atoms with E-state index < -0.39 is 5.97 Å². The number of aromatic nitrogens is 2. The fourth-order valence-electron chi connectivity index (χ4n) is 2.09. The number of ether oxygens (including phenoxy) is 1. The summed E-state index contributed by atoms with van der Waals surface area (Å²) in [5, 5.41) is 7.28. The van der Waals surface area contributed by atoms with Crippen molar-refractivity contribution < 1.29 is 14.3 Å². The first-order valence-electron chi connectivity index (χ1n) is 6.63. The van der Waals surface area contributed by atoms with Crippen LogP contribution < -0.4 is 5.32 Å². The summed E-state index contributed by atoms with van der Waals surface area (Å²) in [7, 11) is 2.78. The van der Waals surface area contributed by atoms with Gasteiger partial charge >= 0.3 is 5.97 Å². The van der Waals surface area contributed by atoms with E-state index in [0.29, 0.717) is 5.02 Å². The van der Waals surface area contributed by atoms with E-state index in [0.717, 1.165) is 5.56 Å². The fraction of sp³-hybridized carbons (Fsp3) is 0.267. The summed E-state index contributed by atoms with van der Waals surface area (Å²) < 4.78 is 6.22. The number of nitrogens with one attached hydrogen (secondary N) is 1. The number of amides is 1. The number of esters is 1. The molecular formula is C15H16ClN3O3. The van der Waals surface area contributed by atoms with Gasteiger partial charge in [0.25, 0.3) is 5.91 Å². The van der Waals surface area contributed by atoms with Gasteiger partial charge in [-0.25, -0.2) is 4.79 Å². The van der Waals surface area contributed by atoms with Crippen molar-refractivity contribution in [3.05, 3.63) is 52.3 Å². The van der Waals surface area contributed by atoms with Crippen LogP contribution in [0.1, 0.15) is 39.5 Å². The first-order valence-corrected chi connectivity index (χ1v) is 7.01. The molecule has 1 atom stereocenters. The molecule has 0 radical (unpaired) electrons. The van der Waals surface area contributed by atoms with E-state index in [4.69, 9.17) is 16.3 Å². The van der Waals surface area contributed by atoms with Crippen molar-refractivity contribution in [2.24, 2.45) is 0 Å². The number of rotatable bonds is 4. The third-order valence-corrected chi connectivity index (χ3v) is 3.52. The second-order valence-electron chi connectivity index (χ2n) is 4.66. The van der Waals surface area contributed by atoms with Crippen LogP contribution in [0.15, 0.2) is 30.3 Å². The highest BCUT2D eigenvalue weighted by Crippen LogP contribution is 2.23. The van der Waals surface area contributed by atoms with Gasteiger partial charge in [-0.15, -0.1) is 0 Å². The highest BCUT2D eigenvalue weighted by Gasteiger charge is 2.23. The number of benzene rings is 1. The molecule has 0 aliphatic rings. The van der Waals surface area contributed by atoms with Crippen LogP contribution in [0.25, 0.3) is 0 Å². The third-order valence-electron chi connectivity index (χ3n) is 3.29. The Labute approximate surface area is 133 Å². The Morgan fingerprint density at radius 3 is 2.68 bits per heavy atom. The Balaban J connectivity index is 2.50. The van der Waals surface area contributed by atoms with Gasteiger partial charge in [-0.3, -0.25) is 9.48 Å². The average molecular weight is 322 g/mol. The quantitative estimate of drug-likeness (QED) is 0.877. The molecule has 1 N–H and O–H groups in total. The minimum absolute atomic E-state index is 0.150. The van der Waals surface area contributed by atoms with Gasteiger partial charge in [0.1, 0.15) is 5.69 Å². The molecule has 2 aromatic rings. The molecule has 1 amide bonds. The SMILES string of the molecule is CNC(=O)c1cc(C(=O)OC)n([C@@H](C)c2cccc(Cl)c2)n1. The number of hydrogen-bond acceptors (Lipinski definition) is 4. The van der Waals surface area contributed by atoms with Crippen molar-refractivity contribution in [3.63, 3.8) is 0 Å². The summed E-state index contributed by atoms with van der Waals surface area (Å²) in [5.74, 6) is -0.932. The Morgan fingerprint density at radius 2 is 2.09 bits per heavy atom. The first kappa shape index (κ1) is 16.0. The van der Waals surface area contributed by atoms with E-state index in [1.54, 1.807) is 12.1 Å². The zero-order valence-electron chi connectivity index (χ0n) is 12.5. The number of carbonyl (C=O) groups excluding carboxylic acids is 2. The molecule has 1 aromatic heterocycles. The van der Waals surface area contributed by atoms with Crippen molar-refractivity contribution >= 4 is 23.5 Å². The number of nitrogens with zero attached hydrogens (tertiary/aromatic N) is 2. The van der Waals surface area contributed by atoms with Crippen molar-refractivity contribution in [2.75, 3.05) is 14.2 Å². The van der Waals surface area contributed by atoms with Gasteiger partial charge in [-0.05, 0) is 24.6 Å². The number of hydrogen-bond donors (Lipinski definition) is 1. The lowest BCUT2D eigenvalue weighted by atomic mass is 10.1. The van der Waals surface area contributed by atoms with E-state index in [1.165, 1.54) is 24.9 Å². The van der Waals surface area contributed by atoms with Gasteiger partial charge in [0, 0.05) is 18.1 Å². The summed E-state index contributed by atoms with van der Waals surface area (Å²) in [6, 6.07) is 8.36. The molecule has 0 unspecified atom stereocenters. The summed E-state index contributed by atoms with van der Waals surface area (Å²) in [6.07, 6.45) is 0. The molecule has 0 saturated heterocycles. The van der Waals surface area contributed by atoms with Crippen LogP contribution in [0.5, 0.6) is 0 Å². The zero-order chi connectivity index (χ0) is 16.3. The maximum absolute atomic E-state index is 11.9. The second kappa shape index (κ2) is 6.62. The zero-order valence-corrected chi connectivity index (χ0v) is 13.2. The molecule has 1 aromatic carbocycles. The van der Waals surface area contributed by atoms with E-state index in [2.05, 4.69) is 10.4 Å². The average Bonchev–Trinajstić information content (AvgIpc) is 2.97. The minimum atomic E-state index is -0.559. The van der Waals surface area contributed by atoms with Crippen LogP contribution in [-0.4, -0.2) is 35.8 Å². The molecule has 0 fully saturated rings. The minimum Gasteiger partial charge on any atom is -0.464 e. The molecule has 116 valence electrons. The van der Waals surface area contributed by atoms with Gasteiger partial charge in [-0.1, -0.05) is 23.7 Å². The lowest BCUT2D eigenvalue weighted by Crippen LogP contribution is -2.19. The first-order chi connectivity index (χ1) is 10.5. The van der Waals surface area contributed by atoms with Gasteiger partial charge < -0.3 is 10.1 Å². The van der Waals surface area contributed by atoms with Crippen molar-refractivity contribution in [3.8, 4) is 0 Å². The lowest BCUT2D eigenvalue weighted by molar-refractivity contribution is 0.0585. The van der Waals surface area contributed by atoms with Crippen LogP contribution in [-0.2, 0) is 4.74 Å². The third kappa shape index (κ3) is 3.12. The van der Waals surface area contributed by atoms with Crippen LogP contribution in [0.3, 0.4) is 0 Å². The molecule has 0 saturated carbocycles. The van der Waals surface area contributed by atoms with Gasteiger partial charge in [0.15, 0.2) is 5.69 Å². The Hall–Kier alpha value is -2.34. The number of methoxy groups -OCH3 is 1. The molecule has 0 aliphatic carbocycles. The topological polar surface area (TPSA) is 73.2 Å². The van der Waals surface area contributed by atoms with Gasteiger partial charge in [0.05, 0.1) is 13.2 Å². The van der Waals surface area contributed by atoms with E-state index >= 15 is 0 Å². The van der Waals surface area contributed by atoms with Crippen LogP contribution in [0.4, 0.5) is 0 Å². The molecule has 0 bridgehead atoms. The number of carbonyl (C=O) groups is 2. The maximum Gasteiger partial charge on any atom is 0.356 e. The Kier molecular flexibility index (Phi) is 4.82. The molecule has 1 heterocycles. The summed E-state index contributed by atoms with van der Waals surface area (Å²) in [5.41, 5.74) is 1.22. The molecular weight excluding hydrogens is 306 g/mol. The maximum atomic E-state index is 11.9. The molecule has 7 heteroatoms. The summed E-state index contributed by atoms with van der Waals surface area (Å²) in [4.78, 5) is 23.7. The molecule has 6 nitrogen and oxygen atoms in total. The van der Waals surface area contributed by atoms with E-state index in [1.807, 2.05) is 19.1 Å². The lowest BCUT2D eigenvalue weighted by Gasteiger charge is -2.15. The second-order valence-corrected chi connectivity index (χ2v) is 5.10. The molecule has 0 aliphatic heterocycles. The highest BCUT2D eigenvalue weighted by molar-refractivity contribution is 6.30. The predicted molar refractivity (Wildman–Crippen MR) is 82.2 cm³/mol. The molecule has 22 heavy (non-hydrogen) atoms. The van der Waals surface area contributed by atoms with E-state index in [-0.39, 0.29) is 23.3 Å². The Bertz CT molecular complexity index is 712. The van der Waals surface area contributed by atoms with E-state index in [9.17, 15) is 9.59 Å². The normalized spacial score (nSPS) is 11.8. The number of halogens is 1. The standard InChI is InChI=1S/C15H16ClN3O3/c1-9(10-5-4-6-11(16)7-10)19-13(15(21)22-3)8-12(18-19)14(20)17-2/h4-9H,1-3H3,(H,17,20)/t9-/m0/s1. The highest BCUT2D eigenvalue weighted by atomic mass is 35.5. The summed E-state index contributed by atoms with van der Waals surface area (Å²) in [6.45, 7) is 1.86. The van der Waals surface area contributed by atoms with Crippen LogP contribution in [0.2, 0.25) is 5.02 Å². The Morgan fingerprint density at radius 1 is 1.36 bits per heavy atom.